The van der Waals surface area contributed by atoms with Crippen molar-refractivity contribution in [2.45, 2.75) is 6.54 Å². The maximum Gasteiger partial charge on any atom is 0.337 e. The van der Waals surface area contributed by atoms with Gasteiger partial charge in [-0.15, -0.1) is 0 Å². The van der Waals surface area contributed by atoms with Crippen LogP contribution in [0.5, 0.6) is 0 Å². The van der Waals surface area contributed by atoms with Crippen molar-refractivity contribution < 1.29 is 9.53 Å². The minimum atomic E-state index is -0.405. The van der Waals surface area contributed by atoms with Gasteiger partial charge in [-0.3, -0.25) is 0 Å². The van der Waals surface area contributed by atoms with Gasteiger partial charge < -0.3 is 9.72 Å². The van der Waals surface area contributed by atoms with E-state index in [4.69, 9.17) is 5.53 Å². The molecule has 0 spiro atoms. The third kappa shape index (κ3) is 2.19. The van der Waals surface area contributed by atoms with Gasteiger partial charge in [-0.2, -0.15) is 0 Å². The Kier molecular flexibility index (Phi) is 2.93. The number of azide groups is 1. The molecule has 0 amide bonds. The third-order valence-electron chi connectivity index (χ3n) is 2.24. The largest absolute Gasteiger partial charge is 0.465 e. The van der Waals surface area contributed by atoms with E-state index in [2.05, 4.69) is 24.7 Å². The predicted octanol–water partition coefficient (Wildman–Crippen LogP) is 2.16. The maximum absolute atomic E-state index is 11.3. The second-order valence-corrected chi connectivity index (χ2v) is 3.30. The lowest BCUT2D eigenvalue weighted by Crippen LogP contribution is -2.00. The first-order valence-corrected chi connectivity index (χ1v) is 4.82. The number of aromatic amines is 1. The number of hydrogen-bond donors (Lipinski definition) is 1. The molecule has 1 heterocycles. The number of rotatable bonds is 3. The highest BCUT2D eigenvalue weighted by atomic mass is 16.5. The topological polar surface area (TPSA) is 104 Å². The van der Waals surface area contributed by atoms with E-state index in [1.54, 1.807) is 18.2 Å². The van der Waals surface area contributed by atoms with Gasteiger partial charge in [0.25, 0.3) is 0 Å². The Balaban J connectivity index is 2.40. The van der Waals surface area contributed by atoms with Gasteiger partial charge in [0.05, 0.1) is 30.3 Å². The number of benzene rings is 1. The second-order valence-electron chi connectivity index (χ2n) is 3.30. The summed E-state index contributed by atoms with van der Waals surface area (Å²) < 4.78 is 4.62. The number of H-pyrrole nitrogens is 1. The van der Waals surface area contributed by atoms with Crippen LogP contribution in [0.4, 0.5) is 0 Å². The molecule has 0 radical (unpaired) electrons. The molecule has 0 saturated heterocycles. The minimum Gasteiger partial charge on any atom is -0.465 e. The zero-order chi connectivity index (χ0) is 12.3. The number of carbonyl (C=O) groups excluding carboxylic acids is 1. The molecule has 0 unspecified atom stereocenters. The first-order valence-electron chi connectivity index (χ1n) is 4.82. The number of imidazole rings is 1. The van der Waals surface area contributed by atoms with Gasteiger partial charge in [-0.1, -0.05) is 5.11 Å². The molecule has 1 aromatic heterocycles. The lowest BCUT2D eigenvalue weighted by atomic mass is 10.2. The molecule has 2 rings (SSSR count). The van der Waals surface area contributed by atoms with Crippen molar-refractivity contribution in [3.63, 3.8) is 0 Å². The molecule has 0 bridgehead atoms. The van der Waals surface area contributed by atoms with Crippen LogP contribution < -0.4 is 0 Å². The Morgan fingerprint density at radius 1 is 1.65 bits per heavy atom. The molecule has 0 atom stereocenters. The first-order chi connectivity index (χ1) is 8.24. The van der Waals surface area contributed by atoms with Crippen molar-refractivity contribution in [2.24, 2.45) is 5.11 Å². The number of nitrogens with one attached hydrogen (secondary N) is 1. The first kappa shape index (κ1) is 11.0. The van der Waals surface area contributed by atoms with E-state index >= 15 is 0 Å². The van der Waals surface area contributed by atoms with Gasteiger partial charge in [0.2, 0.25) is 0 Å². The molecule has 7 nitrogen and oxygen atoms in total. The van der Waals surface area contributed by atoms with Crippen LogP contribution in [0.15, 0.2) is 23.3 Å². The highest BCUT2D eigenvalue weighted by molar-refractivity contribution is 5.93. The zero-order valence-corrected chi connectivity index (χ0v) is 9.04. The summed E-state index contributed by atoms with van der Waals surface area (Å²) in [5, 5.41) is 3.41. The number of methoxy groups -OCH3 is 1. The van der Waals surface area contributed by atoms with Gasteiger partial charge in [-0.25, -0.2) is 9.78 Å². The van der Waals surface area contributed by atoms with Gasteiger partial charge in [-0.05, 0) is 23.7 Å². The normalized spacial score (nSPS) is 9.94. The summed E-state index contributed by atoms with van der Waals surface area (Å²) in [6.07, 6.45) is 0. The van der Waals surface area contributed by atoms with Crippen molar-refractivity contribution >= 4 is 17.0 Å². The zero-order valence-electron chi connectivity index (χ0n) is 9.04. The van der Waals surface area contributed by atoms with Crippen LogP contribution in [-0.4, -0.2) is 23.0 Å². The quantitative estimate of drug-likeness (QED) is 0.378. The van der Waals surface area contributed by atoms with E-state index < -0.39 is 5.97 Å². The minimum absolute atomic E-state index is 0.152. The summed E-state index contributed by atoms with van der Waals surface area (Å²) in [7, 11) is 1.33. The van der Waals surface area contributed by atoms with Gasteiger partial charge in [0.1, 0.15) is 5.82 Å². The maximum atomic E-state index is 11.3. The molecule has 0 aliphatic heterocycles. The molecule has 86 valence electrons. The molecule has 1 aromatic carbocycles. The van der Waals surface area contributed by atoms with E-state index in [-0.39, 0.29) is 6.54 Å². The van der Waals surface area contributed by atoms with Gasteiger partial charge in [0, 0.05) is 4.91 Å². The van der Waals surface area contributed by atoms with E-state index in [1.807, 2.05) is 0 Å². The van der Waals surface area contributed by atoms with E-state index in [9.17, 15) is 4.79 Å². The van der Waals surface area contributed by atoms with Crippen LogP contribution in [0, 0.1) is 0 Å². The van der Waals surface area contributed by atoms with E-state index in [1.165, 1.54) is 7.11 Å². The Hall–Kier alpha value is -2.53. The SMILES string of the molecule is COC(=O)c1ccc2nc(CN=[N+]=[N-])[nH]c2c1. The summed E-state index contributed by atoms with van der Waals surface area (Å²) in [6.45, 7) is 0.152. The van der Waals surface area contributed by atoms with Crippen LogP contribution in [-0.2, 0) is 11.3 Å². The molecule has 7 heteroatoms. The Morgan fingerprint density at radius 2 is 2.47 bits per heavy atom. The van der Waals surface area contributed by atoms with E-state index in [0.29, 0.717) is 22.4 Å². The van der Waals surface area contributed by atoms with Crippen molar-refractivity contribution in [1.82, 2.24) is 9.97 Å². The summed E-state index contributed by atoms with van der Waals surface area (Å²) in [5.74, 6) is 0.151. The average molecular weight is 231 g/mol. The summed E-state index contributed by atoms with van der Waals surface area (Å²) in [5.41, 5.74) is 10.1. The second kappa shape index (κ2) is 4.54. The van der Waals surface area contributed by atoms with Crippen LogP contribution in [0.25, 0.3) is 21.5 Å². The van der Waals surface area contributed by atoms with Crippen LogP contribution in [0.1, 0.15) is 16.2 Å². The van der Waals surface area contributed by atoms with Crippen LogP contribution >= 0.6 is 0 Å². The van der Waals surface area contributed by atoms with Crippen molar-refractivity contribution in [1.29, 1.82) is 0 Å². The van der Waals surface area contributed by atoms with Crippen molar-refractivity contribution in [3.8, 4) is 0 Å². The molecule has 0 saturated carbocycles. The third-order valence-corrected chi connectivity index (χ3v) is 2.24. The summed E-state index contributed by atoms with van der Waals surface area (Å²) in [6, 6.07) is 4.98. The fourth-order valence-corrected chi connectivity index (χ4v) is 1.48. The predicted molar refractivity (Wildman–Crippen MR) is 60.3 cm³/mol. The van der Waals surface area contributed by atoms with Crippen molar-refractivity contribution in [2.75, 3.05) is 7.11 Å². The monoisotopic (exact) mass is 231 g/mol. The molecule has 0 aliphatic carbocycles. The van der Waals surface area contributed by atoms with Crippen LogP contribution in [0.2, 0.25) is 0 Å². The van der Waals surface area contributed by atoms with E-state index in [0.717, 1.165) is 0 Å². The standard InChI is InChI=1S/C10H9N5O2/c1-17-10(16)6-2-3-7-8(4-6)14-9(13-7)5-12-15-11/h2-4H,5H2,1H3,(H,13,14). The number of fused-ring (bicyclic) bond motifs is 1. The lowest BCUT2D eigenvalue weighted by Gasteiger charge is -1.97. The number of ether oxygens (including phenoxy) is 1. The summed E-state index contributed by atoms with van der Waals surface area (Å²) in [4.78, 5) is 21.1. The van der Waals surface area contributed by atoms with Gasteiger partial charge in [0.15, 0.2) is 0 Å². The fraction of sp³-hybridized carbons (Fsp3) is 0.200. The summed E-state index contributed by atoms with van der Waals surface area (Å²) >= 11 is 0. The molecule has 1 N–H and O–H groups in total. The molecule has 17 heavy (non-hydrogen) atoms. The smallest absolute Gasteiger partial charge is 0.337 e. The number of carbonyl (C=O) groups is 1. The fourth-order valence-electron chi connectivity index (χ4n) is 1.48. The van der Waals surface area contributed by atoms with Gasteiger partial charge >= 0.3 is 5.97 Å². The number of nitrogens with zero attached hydrogens (tertiary/aromatic N) is 4. The molecular formula is C10H9N5O2. The van der Waals surface area contributed by atoms with Crippen LogP contribution in [0.3, 0.4) is 0 Å². The highest BCUT2D eigenvalue weighted by Gasteiger charge is 2.08. The number of aromatic nitrogens is 2. The van der Waals surface area contributed by atoms with Crippen molar-refractivity contribution in [3.05, 3.63) is 40.0 Å². The Labute approximate surface area is 96.0 Å². The number of esters is 1. The molecular weight excluding hydrogens is 222 g/mol. The lowest BCUT2D eigenvalue weighted by molar-refractivity contribution is 0.0601. The average Bonchev–Trinajstić information content (AvgIpc) is 2.76. The number of hydrogen-bond acceptors (Lipinski definition) is 4. The highest BCUT2D eigenvalue weighted by Crippen LogP contribution is 2.14. The Bertz CT molecular complexity index is 612. The molecule has 0 aliphatic rings. The Morgan fingerprint density at radius 3 is 3.18 bits per heavy atom. The molecule has 2 aromatic rings. The molecule has 0 fully saturated rings.